The summed E-state index contributed by atoms with van der Waals surface area (Å²) in [5.74, 6) is 1.56. The van der Waals surface area contributed by atoms with Gasteiger partial charge in [-0.25, -0.2) is 4.98 Å². The number of aromatic nitrogens is 1. The summed E-state index contributed by atoms with van der Waals surface area (Å²) in [5.41, 5.74) is 6.19. The maximum atomic E-state index is 5.88. The van der Waals surface area contributed by atoms with Crippen LogP contribution in [0.5, 0.6) is 5.75 Å². The molecule has 1 aromatic heterocycles. The summed E-state index contributed by atoms with van der Waals surface area (Å²) in [5, 5.41) is 0. The zero-order chi connectivity index (χ0) is 17.9. The van der Waals surface area contributed by atoms with E-state index in [-0.39, 0.29) is 0 Å². The Morgan fingerprint density at radius 3 is 2.19 bits per heavy atom. The molecule has 3 aromatic carbocycles. The lowest BCUT2D eigenvalue weighted by molar-refractivity contribution is 0.317. The first-order chi connectivity index (χ1) is 12.7. The summed E-state index contributed by atoms with van der Waals surface area (Å²) in [6.07, 6.45) is 1.01. The lowest BCUT2D eigenvalue weighted by Gasteiger charge is -2.06. The maximum absolute atomic E-state index is 5.88. The van der Waals surface area contributed by atoms with Gasteiger partial charge in [-0.15, -0.1) is 0 Å². The van der Waals surface area contributed by atoms with E-state index >= 15 is 0 Å². The first kappa shape index (κ1) is 16.4. The average Bonchev–Trinajstić information content (AvgIpc) is 3.10. The number of rotatable bonds is 5. The molecular weight excluding hydrogens is 322 g/mol. The third-order valence-electron chi connectivity index (χ3n) is 4.34. The second-order valence-corrected chi connectivity index (χ2v) is 6.44. The van der Waals surface area contributed by atoms with E-state index in [4.69, 9.17) is 9.15 Å². The molecule has 0 saturated carbocycles. The van der Waals surface area contributed by atoms with Crippen molar-refractivity contribution in [3.05, 3.63) is 72.3 Å². The van der Waals surface area contributed by atoms with Gasteiger partial charge in [0.15, 0.2) is 5.58 Å². The Bertz CT molecular complexity index is 1010. The minimum atomic E-state index is 0.653. The topological polar surface area (TPSA) is 35.3 Å². The van der Waals surface area contributed by atoms with Crippen molar-refractivity contribution >= 4 is 11.1 Å². The molecule has 3 nitrogen and oxygen atoms in total. The first-order valence-corrected chi connectivity index (χ1v) is 8.94. The van der Waals surface area contributed by atoms with Crippen LogP contribution >= 0.6 is 0 Å². The summed E-state index contributed by atoms with van der Waals surface area (Å²) in [6, 6.07) is 22.5. The predicted molar refractivity (Wildman–Crippen MR) is 105 cm³/mol. The third kappa shape index (κ3) is 3.33. The smallest absolute Gasteiger partial charge is 0.227 e. The number of oxazole rings is 1. The molecule has 0 atom stereocenters. The van der Waals surface area contributed by atoms with E-state index in [1.54, 1.807) is 0 Å². The van der Waals surface area contributed by atoms with Gasteiger partial charge in [0.05, 0.1) is 6.61 Å². The van der Waals surface area contributed by atoms with Crippen molar-refractivity contribution in [2.24, 2.45) is 0 Å². The van der Waals surface area contributed by atoms with Gasteiger partial charge >= 0.3 is 0 Å². The Morgan fingerprint density at radius 1 is 0.846 bits per heavy atom. The fourth-order valence-electron chi connectivity index (χ4n) is 2.93. The fourth-order valence-corrected chi connectivity index (χ4v) is 2.93. The Balaban J connectivity index is 1.57. The van der Waals surface area contributed by atoms with E-state index < -0.39 is 0 Å². The fraction of sp³-hybridized carbons (Fsp3) is 0.174. The standard InChI is InChI=1S/C23H21NO2/c1-3-14-25-20-11-9-18(10-12-20)17-5-7-19(8-6-17)23-24-21-15-16(2)4-13-22(21)26-23/h4-13,15H,3,14H2,1-2H3. The molecule has 26 heavy (non-hydrogen) atoms. The van der Waals surface area contributed by atoms with Crippen LogP contribution < -0.4 is 4.74 Å². The highest BCUT2D eigenvalue weighted by Gasteiger charge is 2.08. The largest absolute Gasteiger partial charge is 0.494 e. The van der Waals surface area contributed by atoms with Gasteiger partial charge < -0.3 is 9.15 Å². The molecule has 0 fully saturated rings. The van der Waals surface area contributed by atoms with Crippen molar-refractivity contribution in [3.8, 4) is 28.3 Å². The molecule has 0 bridgehead atoms. The summed E-state index contributed by atoms with van der Waals surface area (Å²) < 4.78 is 11.5. The molecule has 0 unspecified atom stereocenters. The number of aryl methyl sites for hydroxylation is 1. The van der Waals surface area contributed by atoms with Crippen LogP contribution in [0.25, 0.3) is 33.7 Å². The van der Waals surface area contributed by atoms with Crippen molar-refractivity contribution < 1.29 is 9.15 Å². The van der Waals surface area contributed by atoms with Crippen molar-refractivity contribution in [3.63, 3.8) is 0 Å². The molecule has 4 rings (SSSR count). The van der Waals surface area contributed by atoms with Crippen LogP contribution in [0.4, 0.5) is 0 Å². The van der Waals surface area contributed by atoms with Crippen LogP contribution in [0.2, 0.25) is 0 Å². The van der Waals surface area contributed by atoms with Crippen LogP contribution in [0.1, 0.15) is 18.9 Å². The molecule has 130 valence electrons. The van der Waals surface area contributed by atoms with Crippen LogP contribution in [0.15, 0.2) is 71.1 Å². The average molecular weight is 343 g/mol. The second-order valence-electron chi connectivity index (χ2n) is 6.44. The molecule has 0 N–H and O–H groups in total. The Kier molecular flexibility index (Phi) is 4.44. The molecule has 0 aliphatic carbocycles. The summed E-state index contributed by atoms with van der Waals surface area (Å²) in [4.78, 5) is 4.60. The van der Waals surface area contributed by atoms with Crippen LogP contribution in [-0.4, -0.2) is 11.6 Å². The highest BCUT2D eigenvalue weighted by atomic mass is 16.5. The van der Waals surface area contributed by atoms with E-state index in [2.05, 4.69) is 43.1 Å². The normalized spacial score (nSPS) is 11.0. The molecule has 0 amide bonds. The van der Waals surface area contributed by atoms with E-state index in [1.807, 2.05) is 42.5 Å². The summed E-state index contributed by atoms with van der Waals surface area (Å²) >= 11 is 0. The number of nitrogens with zero attached hydrogens (tertiary/aromatic N) is 1. The maximum Gasteiger partial charge on any atom is 0.227 e. The van der Waals surface area contributed by atoms with E-state index in [9.17, 15) is 0 Å². The van der Waals surface area contributed by atoms with Gasteiger partial charge in [-0.2, -0.15) is 0 Å². The quantitative estimate of drug-likeness (QED) is 0.429. The zero-order valence-electron chi connectivity index (χ0n) is 15.0. The predicted octanol–water partition coefficient (Wildman–Crippen LogP) is 6.26. The number of hydrogen-bond donors (Lipinski definition) is 0. The van der Waals surface area contributed by atoms with Crippen molar-refractivity contribution in [2.45, 2.75) is 20.3 Å². The molecule has 0 aliphatic rings. The molecule has 0 radical (unpaired) electrons. The second kappa shape index (κ2) is 7.04. The van der Waals surface area contributed by atoms with Gasteiger partial charge in [-0.3, -0.25) is 0 Å². The van der Waals surface area contributed by atoms with E-state index in [0.29, 0.717) is 5.89 Å². The van der Waals surface area contributed by atoms with Gasteiger partial charge in [0.25, 0.3) is 0 Å². The Labute approximate surface area is 153 Å². The molecule has 0 spiro atoms. The summed E-state index contributed by atoms with van der Waals surface area (Å²) in [6.45, 7) is 4.91. The Morgan fingerprint density at radius 2 is 1.50 bits per heavy atom. The number of hydrogen-bond acceptors (Lipinski definition) is 3. The SMILES string of the molecule is CCCOc1ccc(-c2ccc(-c3nc4cc(C)ccc4o3)cc2)cc1. The molecule has 4 aromatic rings. The Hall–Kier alpha value is -3.07. The van der Waals surface area contributed by atoms with Crippen molar-refractivity contribution in [2.75, 3.05) is 6.61 Å². The molecule has 1 heterocycles. The van der Waals surface area contributed by atoms with Gasteiger partial charge in [-0.1, -0.05) is 37.3 Å². The molecule has 0 saturated heterocycles. The minimum Gasteiger partial charge on any atom is -0.494 e. The van der Waals surface area contributed by atoms with E-state index in [1.165, 1.54) is 5.56 Å². The number of benzene rings is 3. The van der Waals surface area contributed by atoms with Gasteiger partial charge in [0.1, 0.15) is 11.3 Å². The third-order valence-corrected chi connectivity index (χ3v) is 4.34. The van der Waals surface area contributed by atoms with Crippen LogP contribution in [0.3, 0.4) is 0 Å². The number of fused-ring (bicyclic) bond motifs is 1. The molecule has 3 heteroatoms. The molecule has 0 aliphatic heterocycles. The highest BCUT2D eigenvalue weighted by molar-refractivity contribution is 5.77. The zero-order valence-corrected chi connectivity index (χ0v) is 15.0. The van der Waals surface area contributed by atoms with Crippen molar-refractivity contribution in [1.82, 2.24) is 4.98 Å². The monoisotopic (exact) mass is 343 g/mol. The van der Waals surface area contributed by atoms with Gasteiger partial charge in [0.2, 0.25) is 5.89 Å². The summed E-state index contributed by atoms with van der Waals surface area (Å²) in [7, 11) is 0. The highest BCUT2D eigenvalue weighted by Crippen LogP contribution is 2.28. The van der Waals surface area contributed by atoms with E-state index in [0.717, 1.165) is 46.6 Å². The van der Waals surface area contributed by atoms with Crippen LogP contribution in [-0.2, 0) is 0 Å². The van der Waals surface area contributed by atoms with Crippen LogP contribution in [0, 0.1) is 6.92 Å². The van der Waals surface area contributed by atoms with Crippen molar-refractivity contribution in [1.29, 1.82) is 0 Å². The molecular formula is C23H21NO2. The van der Waals surface area contributed by atoms with Gasteiger partial charge in [-0.05, 0) is 66.4 Å². The van der Waals surface area contributed by atoms with Gasteiger partial charge in [0, 0.05) is 5.56 Å². The lowest BCUT2D eigenvalue weighted by atomic mass is 10.0. The first-order valence-electron chi connectivity index (χ1n) is 8.94. The lowest BCUT2D eigenvalue weighted by Crippen LogP contribution is -1.94. The number of ether oxygens (including phenoxy) is 1. The minimum absolute atomic E-state index is 0.653.